The van der Waals surface area contributed by atoms with Gasteiger partial charge in [0.1, 0.15) is 0 Å². The number of rotatable bonds is 3. The summed E-state index contributed by atoms with van der Waals surface area (Å²) in [7, 11) is 0. The molecule has 2 amide bonds. The summed E-state index contributed by atoms with van der Waals surface area (Å²) < 4.78 is 0. The molecule has 0 aliphatic carbocycles. The first-order valence-corrected chi connectivity index (χ1v) is 8.05. The molecule has 0 aromatic heterocycles. The SMILES string of the molecule is Cc1cc(N2CC(CS)CC2=O)ccc1N1CCCC1=O. The Labute approximate surface area is 130 Å². The number of carbonyl (C=O) groups excluding carboxylic acids is 2. The highest BCUT2D eigenvalue weighted by Crippen LogP contribution is 2.31. The Morgan fingerprint density at radius 2 is 2.05 bits per heavy atom. The zero-order valence-corrected chi connectivity index (χ0v) is 13.1. The van der Waals surface area contributed by atoms with E-state index >= 15 is 0 Å². The molecular weight excluding hydrogens is 284 g/mol. The van der Waals surface area contributed by atoms with Crippen molar-refractivity contribution in [3.8, 4) is 0 Å². The average molecular weight is 304 g/mol. The molecule has 4 nitrogen and oxygen atoms in total. The first kappa shape index (κ1) is 14.4. The Kier molecular flexibility index (Phi) is 3.93. The lowest BCUT2D eigenvalue weighted by Gasteiger charge is -2.22. The number of aryl methyl sites for hydroxylation is 1. The number of benzene rings is 1. The van der Waals surface area contributed by atoms with Crippen LogP contribution in [0.3, 0.4) is 0 Å². The first-order chi connectivity index (χ1) is 10.1. The van der Waals surface area contributed by atoms with Gasteiger partial charge in [0.2, 0.25) is 11.8 Å². The molecule has 0 bridgehead atoms. The van der Waals surface area contributed by atoms with Crippen LogP contribution < -0.4 is 9.80 Å². The van der Waals surface area contributed by atoms with E-state index in [1.165, 1.54) is 0 Å². The molecule has 5 heteroatoms. The molecule has 1 aromatic rings. The maximum absolute atomic E-state index is 12.1. The van der Waals surface area contributed by atoms with Gasteiger partial charge in [-0.25, -0.2) is 0 Å². The molecule has 112 valence electrons. The van der Waals surface area contributed by atoms with Crippen molar-refractivity contribution >= 4 is 35.8 Å². The summed E-state index contributed by atoms with van der Waals surface area (Å²) in [5.41, 5.74) is 2.95. The van der Waals surface area contributed by atoms with Crippen LogP contribution in [0.5, 0.6) is 0 Å². The highest BCUT2D eigenvalue weighted by atomic mass is 32.1. The van der Waals surface area contributed by atoms with E-state index in [0.29, 0.717) is 18.8 Å². The minimum Gasteiger partial charge on any atom is -0.312 e. The molecule has 2 aliphatic rings. The number of anilines is 2. The second-order valence-corrected chi connectivity index (χ2v) is 6.24. The van der Waals surface area contributed by atoms with E-state index in [2.05, 4.69) is 12.6 Å². The minimum atomic E-state index is 0.165. The number of hydrogen-bond acceptors (Lipinski definition) is 3. The van der Waals surface area contributed by atoms with Crippen molar-refractivity contribution in [3.63, 3.8) is 0 Å². The second-order valence-electron chi connectivity index (χ2n) is 5.88. The van der Waals surface area contributed by atoms with Gasteiger partial charge in [0.15, 0.2) is 0 Å². The van der Waals surface area contributed by atoms with Gasteiger partial charge in [-0.05, 0) is 48.8 Å². The number of nitrogens with zero attached hydrogens (tertiary/aromatic N) is 2. The molecule has 1 aromatic carbocycles. The fourth-order valence-electron chi connectivity index (χ4n) is 3.17. The van der Waals surface area contributed by atoms with E-state index in [-0.39, 0.29) is 11.8 Å². The van der Waals surface area contributed by atoms with Crippen molar-refractivity contribution in [3.05, 3.63) is 23.8 Å². The number of hydrogen-bond donors (Lipinski definition) is 1. The van der Waals surface area contributed by atoms with Gasteiger partial charge in [0.25, 0.3) is 0 Å². The van der Waals surface area contributed by atoms with E-state index < -0.39 is 0 Å². The molecule has 0 radical (unpaired) electrons. The van der Waals surface area contributed by atoms with Crippen molar-refractivity contribution < 1.29 is 9.59 Å². The van der Waals surface area contributed by atoms with Crippen LogP contribution in [0.2, 0.25) is 0 Å². The van der Waals surface area contributed by atoms with E-state index in [1.807, 2.05) is 34.9 Å². The van der Waals surface area contributed by atoms with Crippen LogP contribution in [0.25, 0.3) is 0 Å². The Morgan fingerprint density at radius 1 is 1.24 bits per heavy atom. The third kappa shape index (κ3) is 2.67. The van der Waals surface area contributed by atoms with Crippen molar-refractivity contribution in [1.82, 2.24) is 0 Å². The molecule has 1 atom stereocenters. The van der Waals surface area contributed by atoms with E-state index in [0.717, 1.165) is 42.2 Å². The van der Waals surface area contributed by atoms with Crippen LogP contribution in [0.4, 0.5) is 11.4 Å². The van der Waals surface area contributed by atoms with Gasteiger partial charge >= 0.3 is 0 Å². The lowest BCUT2D eigenvalue weighted by molar-refractivity contribution is -0.118. The fourth-order valence-corrected chi connectivity index (χ4v) is 3.41. The predicted molar refractivity (Wildman–Crippen MR) is 87.1 cm³/mol. The zero-order chi connectivity index (χ0) is 15.0. The molecule has 2 fully saturated rings. The first-order valence-electron chi connectivity index (χ1n) is 7.42. The predicted octanol–water partition coefficient (Wildman–Crippen LogP) is 2.40. The maximum Gasteiger partial charge on any atom is 0.227 e. The van der Waals surface area contributed by atoms with Crippen molar-refractivity contribution in [2.24, 2.45) is 5.92 Å². The molecule has 2 aliphatic heterocycles. The summed E-state index contributed by atoms with van der Waals surface area (Å²) in [5, 5.41) is 0. The van der Waals surface area contributed by atoms with Crippen LogP contribution in [0, 0.1) is 12.8 Å². The molecule has 2 heterocycles. The lowest BCUT2D eigenvalue weighted by Crippen LogP contribution is -2.26. The summed E-state index contributed by atoms with van der Waals surface area (Å²) >= 11 is 4.29. The molecule has 21 heavy (non-hydrogen) atoms. The Morgan fingerprint density at radius 3 is 2.62 bits per heavy atom. The quantitative estimate of drug-likeness (QED) is 0.871. The monoisotopic (exact) mass is 304 g/mol. The van der Waals surface area contributed by atoms with Crippen LogP contribution in [-0.2, 0) is 9.59 Å². The summed E-state index contributed by atoms with van der Waals surface area (Å²) in [6, 6.07) is 5.93. The van der Waals surface area contributed by atoms with E-state index in [4.69, 9.17) is 0 Å². The summed E-state index contributed by atoms with van der Waals surface area (Å²) in [6.45, 7) is 3.54. The minimum absolute atomic E-state index is 0.165. The van der Waals surface area contributed by atoms with Crippen molar-refractivity contribution in [2.75, 3.05) is 28.6 Å². The van der Waals surface area contributed by atoms with Gasteiger partial charge in [-0.1, -0.05) is 0 Å². The zero-order valence-electron chi connectivity index (χ0n) is 12.2. The molecule has 0 spiro atoms. The van der Waals surface area contributed by atoms with Gasteiger partial charge in [0, 0.05) is 37.3 Å². The molecule has 0 saturated carbocycles. The normalized spacial score (nSPS) is 22.5. The molecule has 2 saturated heterocycles. The van der Waals surface area contributed by atoms with Gasteiger partial charge in [-0.3, -0.25) is 9.59 Å². The Hall–Kier alpha value is -1.49. The Balaban J connectivity index is 1.84. The fraction of sp³-hybridized carbons (Fsp3) is 0.500. The third-order valence-electron chi connectivity index (χ3n) is 4.32. The third-order valence-corrected chi connectivity index (χ3v) is 4.84. The number of thiol groups is 1. The average Bonchev–Trinajstić information content (AvgIpc) is 3.05. The standard InChI is InChI=1S/C16H20N2O2S/c1-11-7-13(18-9-12(10-21)8-16(18)20)4-5-14(11)17-6-2-3-15(17)19/h4-5,7,12,21H,2-3,6,8-10H2,1H3. The highest BCUT2D eigenvalue weighted by molar-refractivity contribution is 7.80. The molecule has 1 unspecified atom stereocenters. The molecule has 3 rings (SSSR count). The summed E-state index contributed by atoms with van der Waals surface area (Å²) in [6.07, 6.45) is 2.14. The molecule has 0 N–H and O–H groups in total. The Bertz CT molecular complexity index is 588. The number of amides is 2. The van der Waals surface area contributed by atoms with Crippen molar-refractivity contribution in [1.29, 1.82) is 0 Å². The smallest absolute Gasteiger partial charge is 0.227 e. The van der Waals surface area contributed by atoms with Gasteiger partial charge in [0.05, 0.1) is 0 Å². The molecular formula is C16H20N2O2S. The summed E-state index contributed by atoms with van der Waals surface area (Å²) in [4.78, 5) is 27.6. The van der Waals surface area contributed by atoms with Crippen LogP contribution in [-0.4, -0.2) is 30.7 Å². The lowest BCUT2D eigenvalue weighted by atomic mass is 10.1. The van der Waals surface area contributed by atoms with E-state index in [1.54, 1.807) is 0 Å². The topological polar surface area (TPSA) is 40.6 Å². The van der Waals surface area contributed by atoms with Gasteiger partial charge < -0.3 is 9.80 Å². The largest absolute Gasteiger partial charge is 0.312 e. The van der Waals surface area contributed by atoms with Crippen LogP contribution in [0.15, 0.2) is 18.2 Å². The maximum atomic E-state index is 12.1. The van der Waals surface area contributed by atoms with Gasteiger partial charge in [-0.15, -0.1) is 0 Å². The number of carbonyl (C=O) groups is 2. The van der Waals surface area contributed by atoms with Gasteiger partial charge in [-0.2, -0.15) is 12.6 Å². The van der Waals surface area contributed by atoms with Crippen molar-refractivity contribution in [2.45, 2.75) is 26.2 Å². The van der Waals surface area contributed by atoms with E-state index in [9.17, 15) is 9.59 Å². The van der Waals surface area contributed by atoms with Crippen LogP contribution in [0.1, 0.15) is 24.8 Å². The second kappa shape index (κ2) is 5.72. The van der Waals surface area contributed by atoms with Crippen LogP contribution >= 0.6 is 12.6 Å². The summed E-state index contributed by atoms with van der Waals surface area (Å²) in [5.74, 6) is 1.43. The highest BCUT2D eigenvalue weighted by Gasteiger charge is 2.30.